The van der Waals surface area contributed by atoms with Gasteiger partial charge >= 0.3 is 5.76 Å². The molecule has 166 valence electrons. The third-order valence-corrected chi connectivity index (χ3v) is 5.40. The summed E-state index contributed by atoms with van der Waals surface area (Å²) in [7, 11) is 4.97. The number of carbonyl (C=O) groups excluding carboxylic acids is 1. The van der Waals surface area contributed by atoms with Crippen molar-refractivity contribution < 1.29 is 18.7 Å². The third kappa shape index (κ3) is 3.84. The lowest BCUT2D eigenvalue weighted by Gasteiger charge is -2.22. The second-order valence-electron chi connectivity index (χ2n) is 7.37. The van der Waals surface area contributed by atoms with Crippen LogP contribution in [0.4, 0.5) is 0 Å². The number of carbonyl (C=O) groups is 1. The zero-order chi connectivity index (χ0) is 22.8. The van der Waals surface area contributed by atoms with Gasteiger partial charge in [-0.1, -0.05) is 12.1 Å². The third-order valence-electron chi connectivity index (χ3n) is 5.40. The number of hydrogen-bond acceptors (Lipinski definition) is 6. The van der Waals surface area contributed by atoms with E-state index in [1.165, 1.54) is 4.57 Å². The zero-order valence-corrected chi connectivity index (χ0v) is 18.2. The molecule has 0 aliphatic rings. The van der Waals surface area contributed by atoms with Crippen molar-refractivity contribution >= 4 is 17.0 Å². The molecule has 0 saturated carbocycles. The molecule has 1 amide bonds. The van der Waals surface area contributed by atoms with Gasteiger partial charge in [0.2, 0.25) is 5.91 Å². The second-order valence-corrected chi connectivity index (χ2v) is 7.37. The van der Waals surface area contributed by atoms with E-state index in [1.807, 2.05) is 23.7 Å². The topological polar surface area (TPSA) is 101 Å². The number of hydrogen-bond donors (Lipinski definition) is 1. The summed E-state index contributed by atoms with van der Waals surface area (Å²) < 4.78 is 19.2. The second kappa shape index (κ2) is 8.62. The molecule has 2 atom stereocenters. The van der Waals surface area contributed by atoms with Gasteiger partial charge in [-0.15, -0.1) is 0 Å². The van der Waals surface area contributed by atoms with Crippen LogP contribution in [0.25, 0.3) is 11.1 Å². The molecule has 0 spiro atoms. The molecule has 2 aromatic carbocycles. The number of ether oxygens (including phenoxy) is 2. The number of oxazole rings is 1. The highest BCUT2D eigenvalue weighted by Crippen LogP contribution is 2.30. The predicted octanol–water partition coefficient (Wildman–Crippen LogP) is 2.81. The maximum atomic E-state index is 13.3. The number of para-hydroxylation sites is 2. The SMILES string of the molecule is COc1cc(OC)cc([C@@H](NC(=O)[C@@H](C)n2c(=O)oc3ccccc32)c2nccn2C)c1. The molecule has 0 radical (unpaired) electrons. The van der Waals surface area contributed by atoms with Gasteiger partial charge in [-0.25, -0.2) is 9.78 Å². The Labute approximate surface area is 184 Å². The largest absolute Gasteiger partial charge is 0.497 e. The fourth-order valence-corrected chi connectivity index (χ4v) is 3.68. The van der Waals surface area contributed by atoms with Gasteiger partial charge in [0.15, 0.2) is 5.58 Å². The number of rotatable bonds is 7. The van der Waals surface area contributed by atoms with E-state index >= 15 is 0 Å². The van der Waals surface area contributed by atoms with E-state index < -0.39 is 17.8 Å². The maximum absolute atomic E-state index is 13.3. The first-order valence-electron chi connectivity index (χ1n) is 10.0. The minimum absolute atomic E-state index is 0.367. The van der Waals surface area contributed by atoms with Crippen molar-refractivity contribution in [3.05, 3.63) is 76.8 Å². The Balaban J connectivity index is 1.73. The molecule has 32 heavy (non-hydrogen) atoms. The van der Waals surface area contributed by atoms with Gasteiger partial charge in [0, 0.05) is 25.5 Å². The molecular weight excluding hydrogens is 412 g/mol. The fourth-order valence-electron chi connectivity index (χ4n) is 3.68. The number of imidazole rings is 1. The highest BCUT2D eigenvalue weighted by atomic mass is 16.5. The Morgan fingerprint density at radius 1 is 1.12 bits per heavy atom. The zero-order valence-electron chi connectivity index (χ0n) is 18.2. The number of nitrogens with zero attached hydrogens (tertiary/aromatic N) is 3. The van der Waals surface area contributed by atoms with E-state index in [0.29, 0.717) is 28.4 Å². The summed E-state index contributed by atoms with van der Waals surface area (Å²) in [4.78, 5) is 30.2. The number of nitrogens with one attached hydrogen (secondary N) is 1. The van der Waals surface area contributed by atoms with E-state index in [1.54, 1.807) is 63.9 Å². The molecule has 0 fully saturated rings. The van der Waals surface area contributed by atoms with Gasteiger partial charge < -0.3 is 23.8 Å². The van der Waals surface area contributed by atoms with Crippen LogP contribution in [0.5, 0.6) is 11.5 Å². The van der Waals surface area contributed by atoms with Crippen molar-refractivity contribution in [1.82, 2.24) is 19.4 Å². The Morgan fingerprint density at radius 3 is 2.44 bits per heavy atom. The van der Waals surface area contributed by atoms with Crippen molar-refractivity contribution in [1.29, 1.82) is 0 Å². The van der Waals surface area contributed by atoms with Crippen molar-refractivity contribution in [2.75, 3.05) is 14.2 Å². The molecule has 0 aliphatic carbocycles. The average Bonchev–Trinajstić information content (AvgIpc) is 3.38. The van der Waals surface area contributed by atoms with Gasteiger partial charge in [0.05, 0.1) is 19.7 Å². The predicted molar refractivity (Wildman–Crippen MR) is 118 cm³/mol. The molecule has 1 N–H and O–H groups in total. The molecule has 4 rings (SSSR count). The Kier molecular flexibility index (Phi) is 5.72. The molecule has 9 nitrogen and oxygen atoms in total. The van der Waals surface area contributed by atoms with E-state index in [2.05, 4.69) is 10.3 Å². The Hall–Kier alpha value is -4.01. The van der Waals surface area contributed by atoms with Gasteiger partial charge in [-0.2, -0.15) is 0 Å². The lowest BCUT2D eigenvalue weighted by atomic mass is 10.0. The minimum Gasteiger partial charge on any atom is -0.497 e. The van der Waals surface area contributed by atoms with Crippen molar-refractivity contribution in [3.8, 4) is 11.5 Å². The van der Waals surface area contributed by atoms with Crippen molar-refractivity contribution in [3.63, 3.8) is 0 Å². The molecule has 0 unspecified atom stereocenters. The maximum Gasteiger partial charge on any atom is 0.420 e. The molecule has 0 bridgehead atoms. The molecule has 0 saturated heterocycles. The summed E-state index contributed by atoms with van der Waals surface area (Å²) in [6.45, 7) is 1.65. The molecule has 4 aromatic rings. The normalized spacial score (nSPS) is 13.0. The first-order chi connectivity index (χ1) is 15.4. The number of amides is 1. The monoisotopic (exact) mass is 436 g/mol. The summed E-state index contributed by atoms with van der Waals surface area (Å²) in [5.74, 6) is 0.819. The summed E-state index contributed by atoms with van der Waals surface area (Å²) in [6, 6.07) is 10.9. The highest BCUT2D eigenvalue weighted by Gasteiger charge is 2.27. The Morgan fingerprint density at radius 2 is 1.81 bits per heavy atom. The van der Waals surface area contributed by atoms with Crippen LogP contribution in [0.1, 0.15) is 30.4 Å². The van der Waals surface area contributed by atoms with Crippen molar-refractivity contribution in [2.45, 2.75) is 19.0 Å². The van der Waals surface area contributed by atoms with Crippen LogP contribution in [0.2, 0.25) is 0 Å². The van der Waals surface area contributed by atoms with E-state index in [-0.39, 0.29) is 5.91 Å². The highest BCUT2D eigenvalue weighted by molar-refractivity contribution is 5.83. The van der Waals surface area contributed by atoms with Crippen LogP contribution in [0.15, 0.2) is 64.1 Å². The first kappa shape index (κ1) is 21.2. The molecule has 2 heterocycles. The van der Waals surface area contributed by atoms with Gasteiger partial charge in [0.25, 0.3) is 0 Å². The van der Waals surface area contributed by atoms with Crippen LogP contribution in [0, 0.1) is 0 Å². The molecule has 0 aliphatic heterocycles. The average molecular weight is 436 g/mol. The van der Waals surface area contributed by atoms with Crippen LogP contribution >= 0.6 is 0 Å². The number of aryl methyl sites for hydroxylation is 1. The molecular formula is C23H24N4O5. The van der Waals surface area contributed by atoms with Crippen LogP contribution in [-0.2, 0) is 11.8 Å². The fraction of sp³-hybridized carbons (Fsp3) is 0.261. The van der Waals surface area contributed by atoms with Gasteiger partial charge in [-0.3, -0.25) is 9.36 Å². The summed E-state index contributed by atoms with van der Waals surface area (Å²) in [5, 5.41) is 3.02. The quantitative estimate of drug-likeness (QED) is 0.478. The first-order valence-corrected chi connectivity index (χ1v) is 10.0. The van der Waals surface area contributed by atoms with Crippen LogP contribution in [0.3, 0.4) is 0 Å². The minimum atomic E-state index is -0.818. The lowest BCUT2D eigenvalue weighted by Crippen LogP contribution is -2.38. The van der Waals surface area contributed by atoms with Crippen LogP contribution < -0.4 is 20.5 Å². The molecule has 2 aromatic heterocycles. The smallest absolute Gasteiger partial charge is 0.420 e. The summed E-state index contributed by atoms with van der Waals surface area (Å²) in [5.41, 5.74) is 1.70. The number of aromatic nitrogens is 3. The lowest BCUT2D eigenvalue weighted by molar-refractivity contribution is -0.124. The molecule has 9 heteroatoms. The van der Waals surface area contributed by atoms with Crippen molar-refractivity contribution in [2.24, 2.45) is 7.05 Å². The van der Waals surface area contributed by atoms with E-state index in [4.69, 9.17) is 13.9 Å². The summed E-state index contributed by atoms with van der Waals surface area (Å²) in [6.07, 6.45) is 3.45. The van der Waals surface area contributed by atoms with Gasteiger partial charge in [-0.05, 0) is 36.8 Å². The number of benzene rings is 2. The Bertz CT molecular complexity index is 1300. The summed E-state index contributed by atoms with van der Waals surface area (Å²) >= 11 is 0. The number of fused-ring (bicyclic) bond motifs is 1. The van der Waals surface area contributed by atoms with Gasteiger partial charge in [0.1, 0.15) is 29.4 Å². The van der Waals surface area contributed by atoms with Crippen LogP contribution in [-0.4, -0.2) is 34.2 Å². The van der Waals surface area contributed by atoms with E-state index in [0.717, 1.165) is 5.56 Å². The standard InChI is InChI=1S/C23H24N4O5/c1-14(27-18-7-5-6-8-19(18)32-23(27)29)22(28)25-20(21-24-9-10-26(21)2)15-11-16(30-3)13-17(12-15)31-4/h5-14,20H,1-4H3,(H,25,28)/t14-,20-/m1/s1. The van der Waals surface area contributed by atoms with E-state index in [9.17, 15) is 9.59 Å². The number of methoxy groups -OCH3 is 2.